The molecule has 102 valence electrons. The maximum absolute atomic E-state index is 11.2. The van der Waals surface area contributed by atoms with Crippen LogP contribution in [0.3, 0.4) is 0 Å². The van der Waals surface area contributed by atoms with Gasteiger partial charge < -0.3 is 4.90 Å². The molecule has 0 aromatic heterocycles. The van der Waals surface area contributed by atoms with Crippen LogP contribution in [0.5, 0.6) is 0 Å². The van der Waals surface area contributed by atoms with Crippen LogP contribution in [0.1, 0.15) is 12.5 Å². The van der Waals surface area contributed by atoms with Gasteiger partial charge in [-0.3, -0.25) is 14.3 Å². The quantitative estimate of drug-likeness (QED) is 0.605. The third-order valence-electron chi connectivity index (χ3n) is 2.84. The third kappa shape index (κ3) is 3.76. The maximum atomic E-state index is 11.2. The van der Waals surface area contributed by atoms with Crippen LogP contribution in [0, 0.1) is 21.4 Å². The first kappa shape index (κ1) is 15.1. The summed E-state index contributed by atoms with van der Waals surface area (Å²) in [6.07, 6.45) is 1.63. The number of anilines is 1. The minimum atomic E-state index is -0.924. The average Bonchev–Trinajstić information content (AvgIpc) is 2.36. The molecule has 1 aromatic carbocycles. The van der Waals surface area contributed by atoms with Gasteiger partial charge in [-0.15, -0.1) is 0 Å². The van der Waals surface area contributed by atoms with Gasteiger partial charge in [0.2, 0.25) is 0 Å². The molecule has 1 rings (SSSR count). The molecule has 2 atom stereocenters. The molecule has 7 heteroatoms. The van der Waals surface area contributed by atoms with Gasteiger partial charge in [0.1, 0.15) is 11.6 Å². The molecule has 0 saturated heterocycles. The summed E-state index contributed by atoms with van der Waals surface area (Å²) in [7, 11) is 0.882. The number of nitrogens with zero attached hydrogens (tertiary/aromatic N) is 3. The van der Waals surface area contributed by atoms with E-state index in [1.807, 2.05) is 17.9 Å². The van der Waals surface area contributed by atoms with Gasteiger partial charge in [0.15, 0.2) is 0 Å². The van der Waals surface area contributed by atoms with E-state index in [-0.39, 0.29) is 17.3 Å². The molecule has 0 radical (unpaired) electrons. The molecule has 0 aliphatic rings. The molecule has 0 unspecified atom stereocenters. The van der Waals surface area contributed by atoms with Crippen LogP contribution in [0.25, 0.3) is 0 Å². The Bertz CT molecular complexity index is 554. The molecule has 0 heterocycles. The van der Waals surface area contributed by atoms with Gasteiger partial charge in [-0.2, -0.15) is 5.26 Å². The summed E-state index contributed by atoms with van der Waals surface area (Å²) in [5.74, 6) is 0.495. The molecule has 1 aromatic rings. The monoisotopic (exact) mass is 281 g/mol. The van der Waals surface area contributed by atoms with Gasteiger partial charge in [-0.05, 0) is 19.1 Å². The summed E-state index contributed by atoms with van der Waals surface area (Å²) < 4.78 is 11.2. The molecule has 0 saturated carbocycles. The van der Waals surface area contributed by atoms with Crippen molar-refractivity contribution in [1.82, 2.24) is 0 Å². The van der Waals surface area contributed by atoms with E-state index in [0.29, 0.717) is 11.4 Å². The van der Waals surface area contributed by atoms with Crippen LogP contribution in [-0.2, 0) is 10.8 Å². The molecule has 0 spiro atoms. The highest BCUT2D eigenvalue weighted by Gasteiger charge is 2.17. The van der Waals surface area contributed by atoms with E-state index < -0.39 is 15.7 Å². The fourth-order valence-electron chi connectivity index (χ4n) is 1.70. The number of rotatable bonds is 5. The van der Waals surface area contributed by atoms with Gasteiger partial charge >= 0.3 is 0 Å². The molecule has 19 heavy (non-hydrogen) atoms. The van der Waals surface area contributed by atoms with Crippen molar-refractivity contribution in [2.75, 3.05) is 24.0 Å². The van der Waals surface area contributed by atoms with Crippen LogP contribution in [-0.4, -0.2) is 34.2 Å². The lowest BCUT2D eigenvalue weighted by molar-refractivity contribution is -0.385. The van der Waals surface area contributed by atoms with Crippen LogP contribution >= 0.6 is 0 Å². The smallest absolute Gasteiger partial charge is 0.287 e. The lowest BCUT2D eigenvalue weighted by atomic mass is 10.1. The molecular weight excluding hydrogens is 266 g/mol. The Morgan fingerprint density at radius 1 is 1.58 bits per heavy atom. The number of nitriles is 1. The number of hydrogen-bond donors (Lipinski definition) is 0. The predicted molar refractivity (Wildman–Crippen MR) is 74.6 cm³/mol. The normalized spacial score (nSPS) is 13.4. The standard InChI is InChI=1S/C12H15N3O3S/c1-9(8-19(3)18)14(2)11-4-5-12(15(16)17)10(6-11)7-13/h4-6,9H,8H2,1-3H3/t9-,19+/m0/s1. The fourth-order valence-corrected chi connectivity index (χ4v) is 2.60. The van der Waals surface area contributed by atoms with Gasteiger partial charge in [0.05, 0.1) is 4.92 Å². The van der Waals surface area contributed by atoms with Crippen LogP contribution in [0.15, 0.2) is 18.2 Å². The van der Waals surface area contributed by atoms with E-state index in [1.54, 1.807) is 19.4 Å². The zero-order chi connectivity index (χ0) is 14.6. The lowest BCUT2D eigenvalue weighted by Crippen LogP contribution is -2.33. The van der Waals surface area contributed by atoms with Crippen LogP contribution in [0.4, 0.5) is 11.4 Å². The zero-order valence-corrected chi connectivity index (χ0v) is 11.8. The summed E-state index contributed by atoms with van der Waals surface area (Å²) in [6.45, 7) is 1.91. The second-order valence-electron chi connectivity index (χ2n) is 4.27. The zero-order valence-electron chi connectivity index (χ0n) is 11.0. The highest BCUT2D eigenvalue weighted by atomic mass is 32.2. The Labute approximate surface area is 114 Å². The Kier molecular flexibility index (Phi) is 5.01. The molecule has 0 aliphatic carbocycles. The number of nitro groups is 1. The summed E-state index contributed by atoms with van der Waals surface area (Å²) in [5, 5.41) is 19.7. The largest absolute Gasteiger partial charge is 0.371 e. The molecule has 0 amide bonds. The number of nitro benzene ring substituents is 1. The van der Waals surface area contributed by atoms with Crippen molar-refractivity contribution in [1.29, 1.82) is 5.26 Å². The molecule has 0 bridgehead atoms. The van der Waals surface area contributed by atoms with Gasteiger partial charge in [-0.25, -0.2) is 0 Å². The summed E-state index contributed by atoms with van der Waals surface area (Å²) in [4.78, 5) is 12.0. The van der Waals surface area contributed by atoms with E-state index >= 15 is 0 Å². The van der Waals surface area contributed by atoms with Crippen molar-refractivity contribution >= 4 is 22.2 Å². The van der Waals surface area contributed by atoms with E-state index in [0.717, 1.165) is 0 Å². The van der Waals surface area contributed by atoms with Crippen molar-refractivity contribution in [2.45, 2.75) is 13.0 Å². The topological polar surface area (TPSA) is 87.2 Å². The Morgan fingerprint density at radius 3 is 2.68 bits per heavy atom. The highest BCUT2D eigenvalue weighted by Crippen LogP contribution is 2.24. The first-order chi connectivity index (χ1) is 8.86. The van der Waals surface area contributed by atoms with Gasteiger partial charge in [-0.1, -0.05) is 0 Å². The van der Waals surface area contributed by atoms with Crippen molar-refractivity contribution in [3.63, 3.8) is 0 Å². The Hall–Kier alpha value is -1.94. The van der Waals surface area contributed by atoms with E-state index in [9.17, 15) is 14.3 Å². The third-order valence-corrected chi connectivity index (χ3v) is 3.79. The highest BCUT2D eigenvalue weighted by molar-refractivity contribution is 7.84. The van der Waals surface area contributed by atoms with Crippen molar-refractivity contribution in [3.05, 3.63) is 33.9 Å². The molecule has 6 nitrogen and oxygen atoms in total. The van der Waals surface area contributed by atoms with Crippen LogP contribution in [0.2, 0.25) is 0 Å². The fraction of sp³-hybridized carbons (Fsp3) is 0.417. The summed E-state index contributed by atoms with van der Waals surface area (Å²) in [6, 6.07) is 6.23. The first-order valence-corrected chi connectivity index (χ1v) is 7.31. The molecule has 0 aliphatic heterocycles. The van der Waals surface area contributed by atoms with Gasteiger partial charge in [0.25, 0.3) is 5.69 Å². The second-order valence-corrected chi connectivity index (χ2v) is 5.75. The maximum Gasteiger partial charge on any atom is 0.287 e. The molecule has 0 fully saturated rings. The Balaban J connectivity index is 3.06. The van der Waals surface area contributed by atoms with E-state index in [1.165, 1.54) is 12.1 Å². The second kappa shape index (κ2) is 6.29. The molecular formula is C12H15N3O3S. The Morgan fingerprint density at radius 2 is 2.21 bits per heavy atom. The number of hydrogen-bond acceptors (Lipinski definition) is 5. The number of benzene rings is 1. The molecule has 0 N–H and O–H groups in total. The van der Waals surface area contributed by atoms with Crippen molar-refractivity contribution in [3.8, 4) is 6.07 Å². The van der Waals surface area contributed by atoms with Gasteiger partial charge in [0, 0.05) is 47.7 Å². The summed E-state index contributed by atoms with van der Waals surface area (Å²) in [5.41, 5.74) is 0.519. The predicted octanol–water partition coefficient (Wildman–Crippen LogP) is 1.67. The first-order valence-electron chi connectivity index (χ1n) is 5.58. The van der Waals surface area contributed by atoms with Crippen LogP contribution < -0.4 is 4.90 Å². The van der Waals surface area contributed by atoms with Crippen molar-refractivity contribution in [2.24, 2.45) is 0 Å². The lowest BCUT2D eigenvalue weighted by Gasteiger charge is -2.26. The van der Waals surface area contributed by atoms with E-state index in [2.05, 4.69) is 0 Å². The SMILES string of the molecule is C[C@@H](C[S@@](C)=O)N(C)c1ccc([N+](=O)[O-])c(C#N)c1. The minimum Gasteiger partial charge on any atom is -0.371 e. The minimum absolute atomic E-state index is 0.0128. The van der Waals surface area contributed by atoms with E-state index in [4.69, 9.17) is 5.26 Å². The van der Waals surface area contributed by atoms with Crippen molar-refractivity contribution < 1.29 is 9.13 Å². The average molecular weight is 281 g/mol. The summed E-state index contributed by atoms with van der Waals surface area (Å²) >= 11 is 0.